The summed E-state index contributed by atoms with van der Waals surface area (Å²) in [5.41, 5.74) is 89.8. The van der Waals surface area contributed by atoms with Crippen molar-refractivity contribution in [3.63, 3.8) is 0 Å². The minimum absolute atomic E-state index is 0.0139. The van der Waals surface area contributed by atoms with E-state index in [1.807, 2.05) is 0 Å². The van der Waals surface area contributed by atoms with Gasteiger partial charge >= 0.3 is 0 Å². The third kappa shape index (κ3) is 38.9. The molecule has 0 bridgehead atoms. The molecule has 0 aromatic carbocycles. The SMILES string of the molecule is CC(C(=O)N[C@@H](C)C(=O)N[C@@H](CCCN=C(N)N)C(=O)N[C@@H](CCCN=C(N)N)C(=O)N[C@@H](CCCN=C(N)N)C(=O)N[C@@H](CCCCN)C(=O)N[C@@H](CCCCN)C(=O)N[C@@H](CCCN=C(N)N)C(=O)N[C@H](C(N)=O)[C@@H](C)O)n1cc(C(CCCN=C(N)N)NC(=O)[C@@H](N)CCCN=C(N)N)nn1. The minimum atomic E-state index is -1.55. The summed E-state index contributed by atoms with van der Waals surface area (Å²) in [5, 5.41) is 42.3. The molecule has 1 aromatic rings. The lowest BCUT2D eigenvalue weighted by Gasteiger charge is -2.28. The minimum Gasteiger partial charge on any atom is -0.391 e. The van der Waals surface area contributed by atoms with Gasteiger partial charge in [0.2, 0.25) is 59.1 Å². The second kappa shape index (κ2) is 50.6. The van der Waals surface area contributed by atoms with Gasteiger partial charge in [-0.25, -0.2) is 4.68 Å². The fraction of sp³-hybridized carbons (Fsp3) is 0.695. The molecule has 1 aromatic heterocycles. The van der Waals surface area contributed by atoms with Gasteiger partial charge in [0.15, 0.2) is 35.8 Å². The van der Waals surface area contributed by atoms with E-state index in [1.165, 1.54) is 31.6 Å². The van der Waals surface area contributed by atoms with Crippen molar-refractivity contribution in [2.45, 2.75) is 209 Å². The lowest BCUT2D eigenvalue weighted by Crippen LogP contribution is -2.60. The highest BCUT2D eigenvalue weighted by molar-refractivity contribution is 5.98. The van der Waals surface area contributed by atoms with Gasteiger partial charge in [0.1, 0.15) is 60.1 Å². The maximum Gasteiger partial charge on any atom is 0.245 e. The van der Waals surface area contributed by atoms with E-state index in [2.05, 4.69) is 88.1 Å². The van der Waals surface area contributed by atoms with Crippen LogP contribution in [0.25, 0.3) is 0 Å². The molecule has 0 aliphatic rings. The lowest BCUT2D eigenvalue weighted by molar-refractivity contribution is -0.136. The Hall–Kier alpha value is -10.7. The Morgan fingerprint density at radius 2 is 0.683 bits per heavy atom. The van der Waals surface area contributed by atoms with Gasteiger partial charge in [-0.1, -0.05) is 5.21 Å². The average Bonchev–Trinajstić information content (AvgIpc) is 1.59. The van der Waals surface area contributed by atoms with Crippen LogP contribution < -0.4 is 140 Å². The van der Waals surface area contributed by atoms with E-state index in [1.54, 1.807) is 0 Å². The number of unbranched alkanes of at least 4 members (excludes halogenated alkanes) is 2. The maximum absolute atomic E-state index is 14.7. The number of aliphatic hydroxyl groups excluding tert-OH is 1. The molecule has 1 rings (SSSR count). The molecule has 2 unspecified atom stereocenters. The van der Waals surface area contributed by atoms with Crippen molar-refractivity contribution in [1.29, 1.82) is 0 Å². The number of primary amides is 1. The summed E-state index contributed by atoms with van der Waals surface area (Å²) in [6, 6.07) is -14.3. The molecule has 0 spiro atoms. The zero-order valence-electron chi connectivity index (χ0n) is 59.7. The molecule has 0 fully saturated rings. The second-order valence-electron chi connectivity index (χ2n) is 24.5. The maximum atomic E-state index is 14.7. The first-order valence-electron chi connectivity index (χ1n) is 34.2. The van der Waals surface area contributed by atoms with Gasteiger partial charge in [-0.15, -0.1) is 5.10 Å². The number of aromatic nitrogens is 3. The number of amides is 10. The molecule has 45 nitrogen and oxygen atoms in total. The summed E-state index contributed by atoms with van der Waals surface area (Å²) in [7, 11) is 0. The molecule has 104 heavy (non-hydrogen) atoms. The summed E-state index contributed by atoms with van der Waals surface area (Å²) in [6.07, 6.45) is 2.29. The van der Waals surface area contributed by atoms with Crippen molar-refractivity contribution >= 4 is 94.8 Å². The highest BCUT2D eigenvalue weighted by Gasteiger charge is 2.36. The Morgan fingerprint density at radius 1 is 0.385 bits per heavy atom. The van der Waals surface area contributed by atoms with Crippen LogP contribution in [0.4, 0.5) is 0 Å². The number of nitrogens with one attached hydrogen (secondary N) is 9. The number of hydrogen-bond acceptors (Lipinski definition) is 22. The smallest absolute Gasteiger partial charge is 0.245 e. The standard InChI is InChI=1S/C59H116N34O11/c1-31(82-46(97)32(2)93-30-42(91-92-93)35(17-9-25-77-55(66)67)83-47(98)34(62)14-8-24-76-54(64)65)45(96)84-38(18-10-26-78-56(68)69)50(101)87-40(20-12-28-80-58(72)73)52(103)88-39(19-11-27-79-57(70)71)51(102)86-36(15-4-6-22-60)48(99)85-37(16-5-7-23-61)49(100)89-41(21-13-29-81-59(74)75)53(104)90-43(33(3)94)44(63)95/h30-41,43,94H,4-29,60-62H2,1-3H3,(H2,63,95)(H,82,97)(H,83,98)(H,84,96)(H,85,99)(H,86,102)(H,87,101)(H,88,103)(H,89,100)(H,90,104)(H4,64,65,76)(H4,66,67,77)(H4,68,69,78)(H4,70,71,79)(H4,72,73,80)(H4,74,75,81)/t31-,32?,33+,34-,35?,36-,37-,38-,39-,40-,41-,43-/m0/s1. The van der Waals surface area contributed by atoms with Crippen LogP contribution in [0.15, 0.2) is 36.2 Å². The Morgan fingerprint density at radius 3 is 0.990 bits per heavy atom. The van der Waals surface area contributed by atoms with Gasteiger partial charge in [-0.3, -0.25) is 77.9 Å². The van der Waals surface area contributed by atoms with Crippen LogP contribution in [0, 0.1) is 0 Å². The summed E-state index contributed by atoms with van der Waals surface area (Å²) >= 11 is 0. The van der Waals surface area contributed by atoms with E-state index in [0.717, 1.165) is 0 Å². The number of nitrogens with two attached hydrogens (primary N) is 16. The molecule has 10 amide bonds. The Bertz CT molecular complexity index is 3050. The molecule has 588 valence electrons. The highest BCUT2D eigenvalue weighted by atomic mass is 16.3. The van der Waals surface area contributed by atoms with Crippen molar-refractivity contribution in [3.05, 3.63) is 11.9 Å². The first-order chi connectivity index (χ1) is 49.1. The molecular weight excluding hydrogens is 1360 g/mol. The van der Waals surface area contributed by atoms with E-state index < -0.39 is 132 Å². The van der Waals surface area contributed by atoms with Crippen LogP contribution >= 0.6 is 0 Å². The van der Waals surface area contributed by atoms with Crippen molar-refractivity contribution < 1.29 is 53.1 Å². The van der Waals surface area contributed by atoms with E-state index in [-0.39, 0.29) is 184 Å². The second-order valence-corrected chi connectivity index (χ2v) is 24.5. The first kappa shape index (κ1) is 91.3. The van der Waals surface area contributed by atoms with E-state index in [4.69, 9.17) is 91.7 Å². The zero-order valence-corrected chi connectivity index (χ0v) is 59.7. The number of nitrogens with zero attached hydrogens (tertiary/aromatic N) is 9. The van der Waals surface area contributed by atoms with Crippen LogP contribution in [-0.4, -0.2) is 228 Å². The summed E-state index contributed by atoms with van der Waals surface area (Å²) in [4.78, 5) is 164. The van der Waals surface area contributed by atoms with E-state index in [9.17, 15) is 53.1 Å². The average molecular weight is 1480 g/mol. The van der Waals surface area contributed by atoms with Crippen molar-refractivity contribution in [1.82, 2.24) is 62.8 Å². The van der Waals surface area contributed by atoms with Gasteiger partial charge in [0.25, 0.3) is 0 Å². The zero-order chi connectivity index (χ0) is 78.4. The number of hydrogen-bond donors (Lipinski definition) is 26. The molecule has 0 aliphatic heterocycles. The topological polar surface area (TPSA) is 820 Å². The third-order valence-corrected chi connectivity index (χ3v) is 15.5. The van der Waals surface area contributed by atoms with Crippen molar-refractivity contribution in [3.8, 4) is 0 Å². The van der Waals surface area contributed by atoms with Crippen molar-refractivity contribution in [2.75, 3.05) is 52.4 Å². The molecule has 0 aliphatic carbocycles. The van der Waals surface area contributed by atoms with Gasteiger partial charge in [0.05, 0.1) is 24.4 Å². The first-order valence-corrected chi connectivity index (χ1v) is 34.2. The van der Waals surface area contributed by atoms with E-state index >= 15 is 0 Å². The quantitative estimate of drug-likeness (QED) is 0.0164. The third-order valence-electron chi connectivity index (χ3n) is 15.5. The number of aliphatic imine (C=N–C) groups is 6. The van der Waals surface area contributed by atoms with E-state index in [0.29, 0.717) is 25.7 Å². The van der Waals surface area contributed by atoms with Gasteiger partial charge < -0.3 is 145 Å². The molecule has 0 saturated carbocycles. The van der Waals surface area contributed by atoms with Crippen LogP contribution in [0.2, 0.25) is 0 Å². The summed E-state index contributed by atoms with van der Waals surface area (Å²) in [6.45, 7) is 4.82. The molecule has 0 radical (unpaired) electrons. The Kier molecular flexibility index (Phi) is 44.4. The molecule has 1 heterocycles. The highest BCUT2D eigenvalue weighted by Crippen LogP contribution is 2.19. The van der Waals surface area contributed by atoms with Crippen LogP contribution in [0.3, 0.4) is 0 Å². The fourth-order valence-electron chi connectivity index (χ4n) is 9.84. The van der Waals surface area contributed by atoms with Gasteiger partial charge in [0, 0.05) is 39.3 Å². The number of carbonyl (C=O) groups excluding carboxylic acids is 10. The van der Waals surface area contributed by atoms with Gasteiger partial charge in [-0.2, -0.15) is 0 Å². The molecular formula is C59H116N34O11. The van der Waals surface area contributed by atoms with Crippen LogP contribution in [-0.2, 0) is 47.9 Å². The predicted octanol–water partition coefficient (Wildman–Crippen LogP) is -11.3. The normalized spacial score (nSPS) is 14.4. The fourth-order valence-corrected chi connectivity index (χ4v) is 9.84. The predicted molar refractivity (Wildman–Crippen MR) is 391 cm³/mol. The number of carbonyl (C=O) groups is 10. The summed E-state index contributed by atoms with van der Waals surface area (Å²) < 4.78 is 1.21. The lowest BCUT2D eigenvalue weighted by atomic mass is 10.0. The largest absolute Gasteiger partial charge is 0.391 e. The summed E-state index contributed by atoms with van der Waals surface area (Å²) in [5.74, 6) is -9.88. The number of rotatable bonds is 54. The van der Waals surface area contributed by atoms with Crippen molar-refractivity contribution in [2.24, 2.45) is 122 Å². The molecule has 42 N–H and O–H groups in total. The Balaban J connectivity index is 3.75. The van der Waals surface area contributed by atoms with Crippen LogP contribution in [0.1, 0.15) is 154 Å². The number of guanidine groups is 6. The monoisotopic (exact) mass is 1480 g/mol. The Labute approximate surface area is 603 Å². The molecule has 12 atom stereocenters. The molecule has 0 saturated heterocycles. The number of aliphatic hydroxyl groups is 1. The van der Waals surface area contributed by atoms with Crippen LogP contribution in [0.5, 0.6) is 0 Å². The van der Waals surface area contributed by atoms with Gasteiger partial charge in [-0.05, 0) is 149 Å². The molecule has 45 heteroatoms.